The summed E-state index contributed by atoms with van der Waals surface area (Å²) in [7, 11) is -3.63. The monoisotopic (exact) mass is 439 g/mol. The maximum absolute atomic E-state index is 12.8. The summed E-state index contributed by atoms with van der Waals surface area (Å²) in [6, 6.07) is 5.01. The number of amidine groups is 1. The fraction of sp³-hybridized carbons (Fsp3) is 0.417. The molecule has 1 fully saturated rings. The van der Waals surface area contributed by atoms with E-state index in [1.165, 1.54) is 4.31 Å². The van der Waals surface area contributed by atoms with Crippen molar-refractivity contribution in [3.63, 3.8) is 0 Å². The first kappa shape index (κ1) is 16.7. The van der Waals surface area contributed by atoms with Crippen LogP contribution in [0.1, 0.15) is 19.3 Å². The van der Waals surface area contributed by atoms with Crippen molar-refractivity contribution in [2.75, 3.05) is 6.54 Å². The second kappa shape index (κ2) is 6.64. The number of nitrogens with zero attached hydrogens (tertiary/aromatic N) is 2. The summed E-state index contributed by atoms with van der Waals surface area (Å²) in [4.78, 5) is 0.211. The van der Waals surface area contributed by atoms with Gasteiger partial charge in [-0.05, 0) is 47.0 Å². The van der Waals surface area contributed by atoms with Crippen LogP contribution in [0.4, 0.5) is 0 Å². The average Bonchev–Trinajstić information content (AvgIpc) is 3.25. The fourth-order valence-corrected chi connectivity index (χ4v) is 5.09. The van der Waals surface area contributed by atoms with E-state index in [1.54, 1.807) is 18.2 Å². The highest BCUT2D eigenvalue weighted by atomic mass is 79.9. The summed E-state index contributed by atoms with van der Waals surface area (Å²) in [5.74, 6) is 0.0177. The summed E-state index contributed by atoms with van der Waals surface area (Å²) in [5, 5.41) is 11.5. The number of hydrogen-bond donors (Lipinski definition) is 2. The van der Waals surface area contributed by atoms with Gasteiger partial charge in [0.15, 0.2) is 0 Å². The van der Waals surface area contributed by atoms with Crippen molar-refractivity contribution in [3.05, 3.63) is 27.1 Å². The molecule has 116 valence electrons. The maximum Gasteiger partial charge on any atom is 0.244 e. The first-order valence-corrected chi connectivity index (χ1v) is 9.32. The number of nitrogens with two attached hydrogens (primary N) is 1. The van der Waals surface area contributed by atoms with Crippen molar-refractivity contribution in [2.24, 2.45) is 10.9 Å². The first-order valence-electron chi connectivity index (χ1n) is 6.29. The zero-order valence-corrected chi connectivity index (χ0v) is 15.0. The predicted octanol–water partition coefficient (Wildman–Crippen LogP) is 2.50. The van der Waals surface area contributed by atoms with E-state index in [1.807, 2.05) is 0 Å². The van der Waals surface area contributed by atoms with Crippen molar-refractivity contribution in [3.8, 4) is 0 Å². The summed E-state index contributed by atoms with van der Waals surface area (Å²) in [6.45, 7) is 0.196. The van der Waals surface area contributed by atoms with Crippen LogP contribution in [0.15, 0.2) is 37.2 Å². The third-order valence-corrected chi connectivity index (χ3v) is 6.59. The molecule has 0 heterocycles. The largest absolute Gasteiger partial charge is 0.409 e. The third kappa shape index (κ3) is 3.97. The Morgan fingerprint density at radius 1 is 1.43 bits per heavy atom. The van der Waals surface area contributed by atoms with Gasteiger partial charge in [-0.2, -0.15) is 4.31 Å². The normalized spacial score (nSPS) is 16.4. The van der Waals surface area contributed by atoms with Gasteiger partial charge in [0.2, 0.25) is 10.0 Å². The van der Waals surface area contributed by atoms with E-state index in [0.29, 0.717) is 8.95 Å². The van der Waals surface area contributed by atoms with Crippen LogP contribution in [0, 0.1) is 0 Å². The Hall–Kier alpha value is -0.640. The second-order valence-electron chi connectivity index (χ2n) is 4.76. The highest BCUT2D eigenvalue weighted by Crippen LogP contribution is 2.35. The van der Waals surface area contributed by atoms with Crippen molar-refractivity contribution in [1.82, 2.24) is 4.31 Å². The number of hydrogen-bond acceptors (Lipinski definition) is 4. The standard InChI is InChI=1S/C12H15Br2N3O3S/c13-8-1-4-10(14)11(7-8)21(19,20)17(9-2-3-9)6-5-12(15)16-18/h1,4,7,9,18H,2-3,5-6H2,(H2,15,16). The summed E-state index contributed by atoms with van der Waals surface area (Å²) >= 11 is 6.57. The zero-order valence-electron chi connectivity index (χ0n) is 11.0. The van der Waals surface area contributed by atoms with Gasteiger partial charge in [0, 0.05) is 28.0 Å². The second-order valence-corrected chi connectivity index (χ2v) is 8.39. The summed E-state index contributed by atoms with van der Waals surface area (Å²) in [6.07, 6.45) is 1.86. The van der Waals surface area contributed by atoms with Gasteiger partial charge in [0.1, 0.15) is 5.84 Å². The molecule has 1 aliphatic rings. The average molecular weight is 441 g/mol. The van der Waals surface area contributed by atoms with Gasteiger partial charge < -0.3 is 10.9 Å². The van der Waals surface area contributed by atoms with Crippen molar-refractivity contribution >= 4 is 47.7 Å². The molecule has 0 saturated heterocycles. The molecular formula is C12H15Br2N3O3S. The molecule has 9 heteroatoms. The molecule has 6 nitrogen and oxygen atoms in total. The molecule has 0 aromatic heterocycles. The van der Waals surface area contributed by atoms with Crippen LogP contribution in [-0.2, 0) is 10.0 Å². The van der Waals surface area contributed by atoms with Gasteiger partial charge in [0.25, 0.3) is 0 Å². The van der Waals surface area contributed by atoms with Crippen LogP contribution in [0.25, 0.3) is 0 Å². The van der Waals surface area contributed by atoms with Gasteiger partial charge >= 0.3 is 0 Å². The van der Waals surface area contributed by atoms with Gasteiger partial charge in [-0.3, -0.25) is 0 Å². The number of benzene rings is 1. The highest BCUT2D eigenvalue weighted by molar-refractivity contribution is 9.11. The molecule has 1 aliphatic carbocycles. The molecule has 3 N–H and O–H groups in total. The lowest BCUT2D eigenvalue weighted by Gasteiger charge is -2.22. The molecule has 0 bridgehead atoms. The van der Waals surface area contributed by atoms with Crippen LogP contribution < -0.4 is 5.73 Å². The van der Waals surface area contributed by atoms with Crippen LogP contribution in [0.5, 0.6) is 0 Å². The lowest BCUT2D eigenvalue weighted by molar-refractivity contribution is 0.315. The minimum absolute atomic E-state index is 0.00706. The molecule has 0 aliphatic heterocycles. The van der Waals surface area contributed by atoms with E-state index < -0.39 is 10.0 Å². The van der Waals surface area contributed by atoms with Gasteiger partial charge in [-0.15, -0.1) is 0 Å². The topological polar surface area (TPSA) is 96.0 Å². The minimum Gasteiger partial charge on any atom is -0.409 e. The molecule has 21 heavy (non-hydrogen) atoms. The minimum atomic E-state index is -3.63. The van der Waals surface area contributed by atoms with E-state index in [9.17, 15) is 8.42 Å². The SMILES string of the molecule is NC(CCN(C1CC1)S(=O)(=O)c1cc(Br)ccc1Br)=NO. The van der Waals surface area contributed by atoms with Crippen molar-refractivity contribution in [2.45, 2.75) is 30.2 Å². The van der Waals surface area contributed by atoms with Gasteiger partial charge in [0.05, 0.1) is 4.90 Å². The first-order chi connectivity index (χ1) is 9.86. The van der Waals surface area contributed by atoms with Crippen LogP contribution in [-0.4, -0.2) is 36.4 Å². The van der Waals surface area contributed by atoms with E-state index in [-0.39, 0.29) is 29.7 Å². The highest BCUT2D eigenvalue weighted by Gasteiger charge is 2.38. The van der Waals surface area contributed by atoms with Crippen LogP contribution >= 0.6 is 31.9 Å². The smallest absolute Gasteiger partial charge is 0.244 e. The fourth-order valence-electron chi connectivity index (χ4n) is 1.94. The Kier molecular flexibility index (Phi) is 5.29. The van der Waals surface area contributed by atoms with Crippen LogP contribution in [0.3, 0.4) is 0 Å². The zero-order chi connectivity index (χ0) is 15.6. The van der Waals surface area contributed by atoms with Gasteiger partial charge in [-0.25, -0.2) is 8.42 Å². The third-order valence-electron chi connectivity index (χ3n) is 3.15. The van der Waals surface area contributed by atoms with Gasteiger partial charge in [-0.1, -0.05) is 21.1 Å². The number of sulfonamides is 1. The van der Waals surface area contributed by atoms with E-state index in [0.717, 1.165) is 12.8 Å². The molecule has 1 saturated carbocycles. The predicted molar refractivity (Wildman–Crippen MR) is 86.8 cm³/mol. The molecule has 0 unspecified atom stereocenters. The lowest BCUT2D eigenvalue weighted by atomic mass is 10.4. The molecule has 0 spiro atoms. The summed E-state index contributed by atoms with van der Waals surface area (Å²) < 4.78 is 28.3. The molecule has 0 amide bonds. The van der Waals surface area contributed by atoms with E-state index in [2.05, 4.69) is 37.0 Å². The molecular weight excluding hydrogens is 426 g/mol. The Bertz CT molecular complexity index is 660. The molecule has 0 atom stereocenters. The Labute approximate surface area is 140 Å². The van der Waals surface area contributed by atoms with Crippen LogP contribution in [0.2, 0.25) is 0 Å². The Morgan fingerprint density at radius 2 is 2.10 bits per heavy atom. The number of halogens is 2. The van der Waals surface area contributed by atoms with E-state index >= 15 is 0 Å². The van der Waals surface area contributed by atoms with Crippen molar-refractivity contribution in [1.29, 1.82) is 0 Å². The number of oxime groups is 1. The molecule has 2 rings (SSSR count). The molecule has 1 aromatic carbocycles. The maximum atomic E-state index is 12.8. The lowest BCUT2D eigenvalue weighted by Crippen LogP contribution is -2.36. The van der Waals surface area contributed by atoms with E-state index in [4.69, 9.17) is 10.9 Å². The Morgan fingerprint density at radius 3 is 2.67 bits per heavy atom. The molecule has 0 radical (unpaired) electrons. The summed E-state index contributed by atoms with van der Waals surface area (Å²) in [5.41, 5.74) is 5.44. The quantitative estimate of drug-likeness (QED) is 0.307. The Balaban J connectivity index is 2.31. The van der Waals surface area contributed by atoms with Crippen molar-refractivity contribution < 1.29 is 13.6 Å². The molecule has 1 aromatic rings. The number of rotatable bonds is 6.